The third-order valence-electron chi connectivity index (χ3n) is 3.63. The first-order valence-electron chi connectivity index (χ1n) is 7.92. The van der Waals surface area contributed by atoms with E-state index in [9.17, 15) is 34.0 Å². The number of carboxylic acid groups (broad SMARTS) is 1. The molecule has 2 rings (SSSR count). The highest BCUT2D eigenvalue weighted by Crippen LogP contribution is 2.20. The summed E-state index contributed by atoms with van der Waals surface area (Å²) in [5.41, 5.74) is -0.493. The van der Waals surface area contributed by atoms with Crippen molar-refractivity contribution in [2.75, 3.05) is 0 Å². The van der Waals surface area contributed by atoms with Crippen LogP contribution in [0.15, 0.2) is 42.5 Å². The molecule has 0 bridgehead atoms. The van der Waals surface area contributed by atoms with Crippen LogP contribution in [0.5, 0.6) is 5.75 Å². The minimum Gasteiger partial charge on any atom is -0.480 e. The van der Waals surface area contributed by atoms with Crippen molar-refractivity contribution in [1.82, 2.24) is 5.32 Å². The average molecular weight is 390 g/mol. The van der Waals surface area contributed by atoms with Crippen molar-refractivity contribution >= 4 is 23.5 Å². The first-order chi connectivity index (χ1) is 13.2. The standard InChI is InChI=1S/C18H15FN2O7/c1-10(22)28-13-5-3-12(4-6-13)17(23)20-15(18(24)25)8-11-2-7-14(19)16(9-11)21(26)27/h2-7,9,15H,8H2,1H3,(H,20,23)(H,24,25)/t15-/m0/s1. The molecule has 9 nitrogen and oxygen atoms in total. The lowest BCUT2D eigenvalue weighted by molar-refractivity contribution is -0.387. The van der Waals surface area contributed by atoms with Gasteiger partial charge in [0.2, 0.25) is 5.82 Å². The monoisotopic (exact) mass is 390 g/mol. The Bertz CT molecular complexity index is 928. The number of carbonyl (C=O) groups excluding carboxylic acids is 2. The number of aliphatic carboxylic acids is 1. The van der Waals surface area contributed by atoms with Crippen LogP contribution in [-0.2, 0) is 16.0 Å². The lowest BCUT2D eigenvalue weighted by Gasteiger charge is -2.15. The lowest BCUT2D eigenvalue weighted by Crippen LogP contribution is -2.42. The summed E-state index contributed by atoms with van der Waals surface area (Å²) < 4.78 is 18.2. The SMILES string of the molecule is CC(=O)Oc1ccc(C(=O)N[C@@H](Cc2ccc(F)c([N+](=O)[O-])c2)C(=O)O)cc1. The van der Waals surface area contributed by atoms with Crippen LogP contribution in [0.3, 0.4) is 0 Å². The predicted molar refractivity (Wildman–Crippen MR) is 93.4 cm³/mol. The van der Waals surface area contributed by atoms with Crippen molar-refractivity contribution < 1.29 is 33.5 Å². The summed E-state index contributed by atoms with van der Waals surface area (Å²) in [6.07, 6.45) is -0.284. The van der Waals surface area contributed by atoms with E-state index >= 15 is 0 Å². The number of nitrogens with one attached hydrogen (secondary N) is 1. The molecule has 10 heteroatoms. The average Bonchev–Trinajstić information content (AvgIpc) is 2.62. The maximum Gasteiger partial charge on any atom is 0.326 e. The first-order valence-corrected chi connectivity index (χ1v) is 7.92. The van der Waals surface area contributed by atoms with Gasteiger partial charge in [0.15, 0.2) is 0 Å². The van der Waals surface area contributed by atoms with E-state index in [1.165, 1.54) is 37.3 Å². The summed E-state index contributed by atoms with van der Waals surface area (Å²) >= 11 is 0. The van der Waals surface area contributed by atoms with Gasteiger partial charge in [-0.1, -0.05) is 6.07 Å². The zero-order valence-electron chi connectivity index (χ0n) is 14.5. The normalized spacial score (nSPS) is 11.4. The van der Waals surface area contributed by atoms with Crippen molar-refractivity contribution in [3.63, 3.8) is 0 Å². The Balaban J connectivity index is 2.13. The molecular weight excluding hydrogens is 375 g/mol. The summed E-state index contributed by atoms with van der Waals surface area (Å²) in [5, 5.41) is 22.4. The van der Waals surface area contributed by atoms with E-state index in [4.69, 9.17) is 4.74 Å². The van der Waals surface area contributed by atoms with Crippen molar-refractivity contribution in [3.8, 4) is 5.75 Å². The van der Waals surface area contributed by atoms with E-state index in [0.29, 0.717) is 0 Å². The van der Waals surface area contributed by atoms with E-state index in [1.54, 1.807) is 0 Å². The van der Waals surface area contributed by atoms with E-state index in [2.05, 4.69) is 5.32 Å². The fraction of sp³-hybridized carbons (Fsp3) is 0.167. The van der Waals surface area contributed by atoms with Gasteiger partial charge in [-0.25, -0.2) is 4.79 Å². The number of nitro benzene ring substituents is 1. The van der Waals surface area contributed by atoms with Crippen LogP contribution in [0.4, 0.5) is 10.1 Å². The fourth-order valence-electron chi connectivity index (χ4n) is 2.34. The molecule has 0 aromatic heterocycles. The first kappa shape index (κ1) is 20.5. The number of ether oxygens (including phenoxy) is 1. The minimum atomic E-state index is -1.40. The van der Waals surface area contributed by atoms with Gasteiger partial charge in [0, 0.05) is 25.0 Å². The van der Waals surface area contributed by atoms with Gasteiger partial charge in [-0.05, 0) is 35.9 Å². The van der Waals surface area contributed by atoms with Gasteiger partial charge in [0.25, 0.3) is 5.91 Å². The van der Waals surface area contributed by atoms with Crippen LogP contribution < -0.4 is 10.1 Å². The molecule has 0 heterocycles. The number of carbonyl (C=O) groups is 3. The van der Waals surface area contributed by atoms with Gasteiger partial charge < -0.3 is 15.2 Å². The van der Waals surface area contributed by atoms with Crippen LogP contribution in [0.25, 0.3) is 0 Å². The fourth-order valence-corrected chi connectivity index (χ4v) is 2.34. The summed E-state index contributed by atoms with van der Waals surface area (Å²) in [5.74, 6) is -3.43. The molecule has 0 saturated heterocycles. The maximum absolute atomic E-state index is 13.4. The Hall–Kier alpha value is -3.82. The molecule has 0 saturated carbocycles. The summed E-state index contributed by atoms with van der Waals surface area (Å²) in [4.78, 5) is 44.5. The lowest BCUT2D eigenvalue weighted by atomic mass is 10.0. The second-order valence-electron chi connectivity index (χ2n) is 5.73. The topological polar surface area (TPSA) is 136 Å². The number of rotatable bonds is 7. The largest absolute Gasteiger partial charge is 0.480 e. The number of esters is 1. The number of hydrogen-bond donors (Lipinski definition) is 2. The molecular formula is C18H15FN2O7. The zero-order valence-corrected chi connectivity index (χ0v) is 14.5. The molecule has 0 fully saturated rings. The van der Waals surface area contributed by atoms with E-state index in [1.807, 2.05) is 0 Å². The van der Waals surface area contributed by atoms with Crippen molar-refractivity contribution in [1.29, 1.82) is 0 Å². The van der Waals surface area contributed by atoms with Gasteiger partial charge in [0.05, 0.1) is 4.92 Å². The quantitative estimate of drug-likeness (QED) is 0.320. The highest BCUT2D eigenvalue weighted by molar-refractivity contribution is 5.96. The molecule has 0 aliphatic carbocycles. The zero-order chi connectivity index (χ0) is 20.8. The molecule has 1 amide bonds. The minimum absolute atomic E-state index is 0.118. The molecule has 0 spiro atoms. The highest BCUT2D eigenvalue weighted by Gasteiger charge is 2.23. The van der Waals surface area contributed by atoms with Crippen LogP contribution >= 0.6 is 0 Å². The molecule has 0 unspecified atom stereocenters. The Morgan fingerprint density at radius 2 is 1.86 bits per heavy atom. The van der Waals surface area contributed by atoms with Gasteiger partial charge >= 0.3 is 17.6 Å². The second-order valence-corrected chi connectivity index (χ2v) is 5.73. The predicted octanol–water partition coefficient (Wildman–Crippen LogP) is 2.08. The number of amides is 1. The number of hydrogen-bond acceptors (Lipinski definition) is 6. The van der Waals surface area contributed by atoms with E-state index in [0.717, 1.165) is 12.1 Å². The van der Waals surface area contributed by atoms with Crippen LogP contribution in [0.2, 0.25) is 0 Å². The summed E-state index contributed by atoms with van der Waals surface area (Å²) in [6, 6.07) is 7.02. The Kier molecular flexibility index (Phi) is 6.38. The van der Waals surface area contributed by atoms with Gasteiger partial charge in [0.1, 0.15) is 11.8 Å². The summed E-state index contributed by atoms with van der Waals surface area (Å²) in [6.45, 7) is 1.22. The molecule has 2 aromatic carbocycles. The Morgan fingerprint density at radius 1 is 1.21 bits per heavy atom. The number of nitrogens with zero attached hydrogens (tertiary/aromatic N) is 1. The summed E-state index contributed by atoms with van der Waals surface area (Å²) in [7, 11) is 0. The third-order valence-corrected chi connectivity index (χ3v) is 3.63. The van der Waals surface area contributed by atoms with Gasteiger partial charge in [-0.15, -0.1) is 0 Å². The molecule has 0 aliphatic rings. The number of nitro groups is 1. The number of benzene rings is 2. The molecule has 1 atom stereocenters. The second kappa shape index (κ2) is 8.71. The van der Waals surface area contributed by atoms with Gasteiger partial charge in [-0.3, -0.25) is 19.7 Å². The molecule has 146 valence electrons. The maximum atomic E-state index is 13.4. The Labute approximate surface area is 157 Å². The number of halogens is 1. The smallest absolute Gasteiger partial charge is 0.326 e. The Morgan fingerprint density at radius 3 is 2.39 bits per heavy atom. The van der Waals surface area contributed by atoms with Crippen LogP contribution in [0, 0.1) is 15.9 Å². The molecule has 0 aliphatic heterocycles. The van der Waals surface area contributed by atoms with Crippen molar-refractivity contribution in [2.45, 2.75) is 19.4 Å². The van der Waals surface area contributed by atoms with Crippen molar-refractivity contribution in [2.24, 2.45) is 0 Å². The van der Waals surface area contributed by atoms with E-state index in [-0.39, 0.29) is 23.3 Å². The highest BCUT2D eigenvalue weighted by atomic mass is 19.1. The van der Waals surface area contributed by atoms with E-state index < -0.39 is 40.3 Å². The number of carboxylic acids is 1. The van der Waals surface area contributed by atoms with Gasteiger partial charge in [-0.2, -0.15) is 4.39 Å². The molecule has 2 aromatic rings. The molecule has 2 N–H and O–H groups in total. The van der Waals surface area contributed by atoms with Crippen molar-refractivity contribution in [3.05, 3.63) is 69.5 Å². The third kappa shape index (κ3) is 5.34. The van der Waals surface area contributed by atoms with Crippen LogP contribution in [-0.4, -0.2) is 33.9 Å². The molecule has 0 radical (unpaired) electrons. The van der Waals surface area contributed by atoms with Crippen LogP contribution in [0.1, 0.15) is 22.8 Å². The molecule has 28 heavy (non-hydrogen) atoms.